The quantitative estimate of drug-likeness (QED) is 0.784. The lowest BCUT2D eigenvalue weighted by Crippen LogP contribution is -2.22. The molecule has 1 aromatic carbocycles. The maximum absolute atomic E-state index is 12.2. The first-order valence-electron chi connectivity index (χ1n) is 7.37. The molecule has 0 unspecified atom stereocenters. The molecule has 118 valence electrons. The lowest BCUT2D eigenvalue weighted by molar-refractivity contribution is 0.0951. The number of nitrogens with one attached hydrogen (secondary N) is 1. The molecular formula is C17H18N4OS. The van der Waals surface area contributed by atoms with Gasteiger partial charge in [0.25, 0.3) is 5.91 Å². The van der Waals surface area contributed by atoms with Crippen LogP contribution < -0.4 is 5.32 Å². The number of hydrogen-bond acceptors (Lipinski definition) is 4. The Balaban J connectivity index is 1.60. The monoisotopic (exact) mass is 326 g/mol. The molecule has 0 aliphatic rings. The van der Waals surface area contributed by atoms with Crippen LogP contribution in [0.4, 0.5) is 0 Å². The van der Waals surface area contributed by atoms with Crippen LogP contribution in [0.25, 0.3) is 0 Å². The molecule has 5 nitrogen and oxygen atoms in total. The highest BCUT2D eigenvalue weighted by Gasteiger charge is 2.09. The van der Waals surface area contributed by atoms with Crippen molar-refractivity contribution in [3.8, 4) is 0 Å². The summed E-state index contributed by atoms with van der Waals surface area (Å²) in [4.78, 5) is 21.7. The predicted octanol–water partition coefficient (Wildman–Crippen LogP) is 2.93. The molecule has 1 amide bonds. The van der Waals surface area contributed by atoms with Crippen molar-refractivity contribution in [2.24, 2.45) is 0 Å². The van der Waals surface area contributed by atoms with Gasteiger partial charge in [0, 0.05) is 29.4 Å². The minimum Gasteiger partial charge on any atom is -0.347 e. The minimum absolute atomic E-state index is 0.0652. The van der Waals surface area contributed by atoms with Crippen LogP contribution in [0.2, 0.25) is 0 Å². The molecule has 1 N–H and O–H groups in total. The van der Waals surface area contributed by atoms with Crippen LogP contribution in [-0.4, -0.2) is 20.4 Å². The molecule has 0 saturated carbocycles. The Labute approximate surface area is 139 Å². The normalized spacial score (nSPS) is 10.7. The third kappa shape index (κ3) is 3.84. The van der Waals surface area contributed by atoms with E-state index in [1.807, 2.05) is 48.9 Å². The number of rotatable bonds is 5. The third-order valence-electron chi connectivity index (χ3n) is 3.55. The molecule has 0 fully saturated rings. The number of thiazole rings is 1. The van der Waals surface area contributed by atoms with E-state index in [9.17, 15) is 4.79 Å². The fraction of sp³-hybridized carbons (Fsp3) is 0.235. The van der Waals surface area contributed by atoms with Crippen molar-refractivity contribution < 1.29 is 4.79 Å². The topological polar surface area (TPSA) is 59.8 Å². The SMILES string of the molecule is Cc1nc(C)c(CNC(=O)c2ccc(Cn3ccnc3)cc2)s1. The Morgan fingerprint density at radius 1 is 1.26 bits per heavy atom. The van der Waals surface area contributed by atoms with Crippen LogP contribution in [0.15, 0.2) is 43.0 Å². The van der Waals surface area contributed by atoms with Gasteiger partial charge in [0.2, 0.25) is 0 Å². The molecule has 0 atom stereocenters. The van der Waals surface area contributed by atoms with Crippen LogP contribution in [-0.2, 0) is 13.1 Å². The summed E-state index contributed by atoms with van der Waals surface area (Å²) in [7, 11) is 0. The van der Waals surface area contributed by atoms with E-state index in [1.165, 1.54) is 0 Å². The number of benzene rings is 1. The van der Waals surface area contributed by atoms with Crippen LogP contribution >= 0.6 is 11.3 Å². The van der Waals surface area contributed by atoms with Crippen molar-refractivity contribution in [3.63, 3.8) is 0 Å². The van der Waals surface area contributed by atoms with Crippen molar-refractivity contribution in [1.82, 2.24) is 19.9 Å². The van der Waals surface area contributed by atoms with Gasteiger partial charge in [0.15, 0.2) is 0 Å². The second-order valence-electron chi connectivity index (χ2n) is 5.36. The fourth-order valence-electron chi connectivity index (χ4n) is 2.35. The fourth-order valence-corrected chi connectivity index (χ4v) is 3.23. The lowest BCUT2D eigenvalue weighted by atomic mass is 10.1. The van der Waals surface area contributed by atoms with Crippen LogP contribution in [0, 0.1) is 13.8 Å². The Morgan fingerprint density at radius 2 is 2.04 bits per heavy atom. The summed E-state index contributed by atoms with van der Waals surface area (Å²) in [5.41, 5.74) is 2.79. The molecule has 2 heterocycles. The van der Waals surface area contributed by atoms with Crippen molar-refractivity contribution in [2.45, 2.75) is 26.9 Å². The smallest absolute Gasteiger partial charge is 0.251 e. The Morgan fingerprint density at radius 3 is 2.65 bits per heavy atom. The molecule has 6 heteroatoms. The van der Waals surface area contributed by atoms with Gasteiger partial charge in [0.05, 0.1) is 23.6 Å². The molecule has 23 heavy (non-hydrogen) atoms. The molecule has 0 saturated heterocycles. The summed E-state index contributed by atoms with van der Waals surface area (Å²) in [5.74, 6) is -0.0652. The Kier molecular flexibility index (Phi) is 4.52. The lowest BCUT2D eigenvalue weighted by Gasteiger charge is -2.06. The van der Waals surface area contributed by atoms with E-state index in [0.717, 1.165) is 27.7 Å². The Hall–Kier alpha value is -2.47. The zero-order valence-corrected chi connectivity index (χ0v) is 13.9. The number of carbonyl (C=O) groups excluding carboxylic acids is 1. The van der Waals surface area contributed by atoms with Crippen LogP contribution in [0.1, 0.15) is 31.5 Å². The minimum atomic E-state index is -0.0652. The molecule has 0 bridgehead atoms. The van der Waals surface area contributed by atoms with Gasteiger partial charge in [-0.2, -0.15) is 0 Å². The molecule has 3 aromatic rings. The number of nitrogens with zero attached hydrogens (tertiary/aromatic N) is 3. The molecule has 0 radical (unpaired) electrons. The van der Waals surface area contributed by atoms with E-state index in [-0.39, 0.29) is 5.91 Å². The van der Waals surface area contributed by atoms with Gasteiger partial charge in [-0.05, 0) is 31.5 Å². The number of imidazole rings is 1. The van der Waals surface area contributed by atoms with Gasteiger partial charge in [-0.3, -0.25) is 4.79 Å². The highest BCUT2D eigenvalue weighted by Crippen LogP contribution is 2.16. The van der Waals surface area contributed by atoms with Gasteiger partial charge in [-0.15, -0.1) is 11.3 Å². The van der Waals surface area contributed by atoms with Crippen molar-refractivity contribution >= 4 is 17.2 Å². The zero-order chi connectivity index (χ0) is 16.2. The zero-order valence-electron chi connectivity index (χ0n) is 13.1. The van der Waals surface area contributed by atoms with E-state index in [2.05, 4.69) is 15.3 Å². The first-order chi connectivity index (χ1) is 11.1. The third-order valence-corrected chi connectivity index (χ3v) is 4.62. The maximum Gasteiger partial charge on any atom is 0.251 e. The Bertz CT molecular complexity index is 791. The summed E-state index contributed by atoms with van der Waals surface area (Å²) in [5, 5.41) is 3.97. The summed E-state index contributed by atoms with van der Waals surface area (Å²) in [6.07, 6.45) is 5.45. The van der Waals surface area contributed by atoms with Crippen molar-refractivity contribution in [1.29, 1.82) is 0 Å². The highest BCUT2D eigenvalue weighted by molar-refractivity contribution is 7.11. The summed E-state index contributed by atoms with van der Waals surface area (Å²) in [6.45, 7) is 5.21. The average Bonchev–Trinajstić information content (AvgIpc) is 3.15. The van der Waals surface area contributed by atoms with Crippen molar-refractivity contribution in [2.75, 3.05) is 0 Å². The van der Waals surface area contributed by atoms with E-state index < -0.39 is 0 Å². The van der Waals surface area contributed by atoms with Crippen LogP contribution in [0.5, 0.6) is 0 Å². The van der Waals surface area contributed by atoms with Gasteiger partial charge in [-0.25, -0.2) is 9.97 Å². The highest BCUT2D eigenvalue weighted by atomic mass is 32.1. The maximum atomic E-state index is 12.2. The van der Waals surface area contributed by atoms with Crippen LogP contribution in [0.3, 0.4) is 0 Å². The second kappa shape index (κ2) is 6.75. The van der Waals surface area contributed by atoms with Gasteiger partial charge < -0.3 is 9.88 Å². The van der Waals surface area contributed by atoms with Gasteiger partial charge in [-0.1, -0.05) is 12.1 Å². The molecule has 2 aromatic heterocycles. The molecular weight excluding hydrogens is 308 g/mol. The second-order valence-corrected chi connectivity index (χ2v) is 6.64. The average molecular weight is 326 g/mol. The van der Waals surface area contributed by atoms with Crippen molar-refractivity contribution in [3.05, 3.63) is 69.7 Å². The first kappa shape index (κ1) is 15.4. The van der Waals surface area contributed by atoms with E-state index in [1.54, 1.807) is 23.9 Å². The van der Waals surface area contributed by atoms with E-state index in [0.29, 0.717) is 12.1 Å². The number of aromatic nitrogens is 3. The number of amides is 1. The number of carbonyl (C=O) groups is 1. The largest absolute Gasteiger partial charge is 0.347 e. The standard InChI is InChI=1S/C17H18N4OS/c1-12-16(23-13(2)20-12)9-19-17(22)15-5-3-14(4-6-15)10-21-8-7-18-11-21/h3-8,11H,9-10H2,1-2H3,(H,19,22). The van der Waals surface area contributed by atoms with E-state index >= 15 is 0 Å². The number of aryl methyl sites for hydroxylation is 2. The van der Waals surface area contributed by atoms with E-state index in [4.69, 9.17) is 0 Å². The van der Waals surface area contributed by atoms with Gasteiger partial charge in [0.1, 0.15) is 0 Å². The summed E-state index contributed by atoms with van der Waals surface area (Å²) >= 11 is 1.62. The molecule has 0 spiro atoms. The summed E-state index contributed by atoms with van der Waals surface area (Å²) < 4.78 is 1.99. The predicted molar refractivity (Wildman–Crippen MR) is 90.5 cm³/mol. The first-order valence-corrected chi connectivity index (χ1v) is 8.19. The molecule has 0 aliphatic carbocycles. The number of hydrogen-bond donors (Lipinski definition) is 1. The molecule has 0 aliphatic heterocycles. The molecule has 3 rings (SSSR count). The summed E-state index contributed by atoms with van der Waals surface area (Å²) in [6, 6.07) is 7.65. The van der Waals surface area contributed by atoms with Gasteiger partial charge >= 0.3 is 0 Å².